The SMILES string of the molecule is O=C1[C@H]2[C@H](CC=C3[C@H](O)C[C@H](c4ccccc4)N(C(=O)Oc4ccccc4)[C@H]32)C(=O)N1c1ccccc1. The monoisotopic (exact) mass is 494 g/mol. The smallest absolute Gasteiger partial charge is 0.410 e. The Bertz CT molecular complexity index is 1360. The summed E-state index contributed by atoms with van der Waals surface area (Å²) in [5.41, 5.74) is 1.92. The van der Waals surface area contributed by atoms with Gasteiger partial charge in [0.05, 0.1) is 35.7 Å². The van der Waals surface area contributed by atoms with Gasteiger partial charge in [-0.3, -0.25) is 14.5 Å². The molecular weight excluding hydrogens is 468 g/mol. The molecule has 3 aliphatic rings. The maximum Gasteiger partial charge on any atom is 0.416 e. The van der Waals surface area contributed by atoms with Crippen molar-refractivity contribution in [3.63, 3.8) is 0 Å². The first-order chi connectivity index (χ1) is 18.0. The summed E-state index contributed by atoms with van der Waals surface area (Å²) in [4.78, 5) is 44.0. The van der Waals surface area contributed by atoms with Crippen LogP contribution in [0.25, 0.3) is 0 Å². The Morgan fingerprint density at radius 3 is 2.14 bits per heavy atom. The fourth-order valence-electron chi connectivity index (χ4n) is 5.95. The molecule has 2 saturated heterocycles. The zero-order chi connectivity index (χ0) is 25.5. The van der Waals surface area contributed by atoms with Crippen molar-refractivity contribution in [3.05, 3.63) is 108 Å². The fourth-order valence-corrected chi connectivity index (χ4v) is 5.95. The molecule has 7 heteroatoms. The van der Waals surface area contributed by atoms with E-state index in [1.54, 1.807) is 53.4 Å². The van der Waals surface area contributed by atoms with Gasteiger partial charge in [-0.05, 0) is 41.8 Å². The van der Waals surface area contributed by atoms with Crippen LogP contribution in [-0.4, -0.2) is 40.1 Å². The molecule has 0 aromatic heterocycles. The Labute approximate surface area is 214 Å². The average molecular weight is 495 g/mol. The summed E-state index contributed by atoms with van der Waals surface area (Å²) in [6.07, 6.45) is 0.949. The second kappa shape index (κ2) is 9.33. The number of amides is 3. The van der Waals surface area contributed by atoms with E-state index >= 15 is 0 Å². The molecule has 0 spiro atoms. The van der Waals surface area contributed by atoms with E-state index in [2.05, 4.69) is 0 Å². The van der Waals surface area contributed by atoms with E-state index < -0.39 is 36.1 Å². The minimum absolute atomic E-state index is 0.262. The molecule has 1 aliphatic carbocycles. The van der Waals surface area contributed by atoms with E-state index in [1.807, 2.05) is 48.5 Å². The molecule has 2 aliphatic heterocycles. The standard InChI is InChI=1S/C30H26N2O5/c33-25-18-24(19-10-4-1-5-11-19)32(30(36)37-21-14-8-3-9-15-21)27-22(25)16-17-23-26(27)29(35)31(28(23)34)20-12-6-2-7-13-20/h1-16,23-27,33H,17-18H2/t23-,24+,25+,26-,27+/m0/s1. The van der Waals surface area contributed by atoms with Crippen LogP contribution in [0, 0.1) is 11.8 Å². The van der Waals surface area contributed by atoms with Crippen molar-refractivity contribution in [2.75, 3.05) is 4.90 Å². The summed E-state index contributed by atoms with van der Waals surface area (Å²) in [5, 5.41) is 11.2. The van der Waals surface area contributed by atoms with E-state index in [9.17, 15) is 19.5 Å². The Kier molecular flexibility index (Phi) is 5.85. The highest BCUT2D eigenvalue weighted by molar-refractivity contribution is 6.22. The number of hydrogen-bond acceptors (Lipinski definition) is 5. The number of carbonyl (C=O) groups excluding carboxylic acids is 3. The molecule has 6 rings (SSSR count). The van der Waals surface area contributed by atoms with Gasteiger partial charge in [0.25, 0.3) is 0 Å². The molecule has 0 bridgehead atoms. The first-order valence-electron chi connectivity index (χ1n) is 12.5. The zero-order valence-electron chi connectivity index (χ0n) is 20.0. The third kappa shape index (κ3) is 3.92. The predicted octanol–water partition coefficient (Wildman–Crippen LogP) is 4.50. The molecule has 1 N–H and O–H groups in total. The number of para-hydroxylation sites is 2. The fraction of sp³-hybridized carbons (Fsp3) is 0.233. The van der Waals surface area contributed by atoms with Crippen molar-refractivity contribution in [1.82, 2.24) is 4.90 Å². The molecule has 37 heavy (non-hydrogen) atoms. The highest BCUT2D eigenvalue weighted by atomic mass is 16.6. The van der Waals surface area contributed by atoms with Gasteiger partial charge < -0.3 is 9.84 Å². The van der Waals surface area contributed by atoms with Gasteiger partial charge in [0.2, 0.25) is 11.8 Å². The number of aliphatic hydroxyl groups excluding tert-OH is 1. The Balaban J connectivity index is 1.45. The van der Waals surface area contributed by atoms with E-state index in [-0.39, 0.29) is 18.2 Å². The topological polar surface area (TPSA) is 87.1 Å². The van der Waals surface area contributed by atoms with E-state index in [0.717, 1.165) is 5.56 Å². The van der Waals surface area contributed by atoms with Crippen molar-refractivity contribution in [2.24, 2.45) is 11.8 Å². The number of aliphatic hydroxyl groups is 1. The maximum absolute atomic E-state index is 13.9. The van der Waals surface area contributed by atoms with E-state index in [4.69, 9.17) is 4.74 Å². The van der Waals surface area contributed by atoms with E-state index in [0.29, 0.717) is 23.4 Å². The molecule has 7 nitrogen and oxygen atoms in total. The van der Waals surface area contributed by atoms with Crippen LogP contribution in [-0.2, 0) is 9.59 Å². The van der Waals surface area contributed by atoms with Gasteiger partial charge in [-0.15, -0.1) is 0 Å². The lowest BCUT2D eigenvalue weighted by Crippen LogP contribution is -2.58. The molecule has 2 heterocycles. The highest BCUT2D eigenvalue weighted by Crippen LogP contribution is 2.49. The van der Waals surface area contributed by atoms with Gasteiger partial charge in [-0.1, -0.05) is 72.8 Å². The molecule has 0 unspecified atom stereocenters. The first-order valence-corrected chi connectivity index (χ1v) is 12.5. The van der Waals surface area contributed by atoms with Crippen LogP contribution >= 0.6 is 0 Å². The lowest BCUT2D eigenvalue weighted by molar-refractivity contribution is -0.123. The van der Waals surface area contributed by atoms with Gasteiger partial charge in [0, 0.05) is 6.42 Å². The largest absolute Gasteiger partial charge is 0.416 e. The van der Waals surface area contributed by atoms with Crippen LogP contribution in [0.15, 0.2) is 103 Å². The van der Waals surface area contributed by atoms with Gasteiger partial charge in [-0.25, -0.2) is 9.69 Å². The number of benzene rings is 3. The van der Waals surface area contributed by atoms with Gasteiger partial charge in [0.15, 0.2) is 0 Å². The molecular formula is C30H26N2O5. The van der Waals surface area contributed by atoms with Crippen LogP contribution in [0.2, 0.25) is 0 Å². The molecule has 0 radical (unpaired) electrons. The molecule has 3 amide bonds. The summed E-state index contributed by atoms with van der Waals surface area (Å²) < 4.78 is 5.78. The minimum atomic E-state index is -0.856. The number of allylic oxidation sites excluding steroid dienone is 1. The van der Waals surface area contributed by atoms with Crippen LogP contribution in [0.3, 0.4) is 0 Å². The third-order valence-corrected chi connectivity index (χ3v) is 7.59. The number of likely N-dealkylation sites (tertiary alicyclic amines) is 1. The van der Waals surface area contributed by atoms with Crippen molar-refractivity contribution in [1.29, 1.82) is 0 Å². The third-order valence-electron chi connectivity index (χ3n) is 7.59. The van der Waals surface area contributed by atoms with Crippen molar-refractivity contribution >= 4 is 23.6 Å². The number of hydrogen-bond donors (Lipinski definition) is 1. The van der Waals surface area contributed by atoms with Crippen molar-refractivity contribution < 1.29 is 24.2 Å². The second-order valence-corrected chi connectivity index (χ2v) is 9.63. The zero-order valence-corrected chi connectivity index (χ0v) is 20.0. The van der Waals surface area contributed by atoms with Gasteiger partial charge >= 0.3 is 6.09 Å². The molecule has 5 atom stereocenters. The normalized spacial score (nSPS) is 26.8. The van der Waals surface area contributed by atoms with Gasteiger partial charge in [-0.2, -0.15) is 0 Å². The Hall–Kier alpha value is -4.23. The van der Waals surface area contributed by atoms with Crippen molar-refractivity contribution in [2.45, 2.75) is 31.0 Å². The quantitative estimate of drug-likeness (QED) is 0.428. The summed E-state index contributed by atoms with van der Waals surface area (Å²) in [5.74, 6) is -1.73. The number of ether oxygens (including phenoxy) is 1. The number of fused-ring (bicyclic) bond motifs is 3. The molecule has 3 aromatic rings. The minimum Gasteiger partial charge on any atom is -0.410 e. The highest BCUT2D eigenvalue weighted by Gasteiger charge is 2.59. The molecule has 0 saturated carbocycles. The number of piperidine rings is 1. The van der Waals surface area contributed by atoms with Crippen LogP contribution in [0.4, 0.5) is 10.5 Å². The maximum atomic E-state index is 13.9. The number of imide groups is 1. The Morgan fingerprint density at radius 2 is 1.46 bits per heavy atom. The molecule has 2 fully saturated rings. The van der Waals surface area contributed by atoms with Crippen LogP contribution < -0.4 is 9.64 Å². The molecule has 3 aromatic carbocycles. The number of rotatable bonds is 3. The summed E-state index contributed by atoms with van der Waals surface area (Å²) in [6.45, 7) is 0. The first kappa shape index (κ1) is 23.2. The van der Waals surface area contributed by atoms with Gasteiger partial charge in [0.1, 0.15) is 5.75 Å². The average Bonchev–Trinajstić information content (AvgIpc) is 3.19. The van der Waals surface area contributed by atoms with Crippen molar-refractivity contribution in [3.8, 4) is 5.75 Å². The lowest BCUT2D eigenvalue weighted by Gasteiger charge is -2.49. The lowest BCUT2D eigenvalue weighted by atomic mass is 9.71. The predicted molar refractivity (Wildman–Crippen MR) is 137 cm³/mol. The summed E-state index contributed by atoms with van der Waals surface area (Å²) in [6, 6.07) is 25.7. The van der Waals surface area contributed by atoms with Crippen LogP contribution in [0.1, 0.15) is 24.4 Å². The number of nitrogens with zero attached hydrogens (tertiary/aromatic N) is 2. The summed E-state index contributed by atoms with van der Waals surface area (Å²) in [7, 11) is 0. The number of anilines is 1. The summed E-state index contributed by atoms with van der Waals surface area (Å²) >= 11 is 0. The van der Waals surface area contributed by atoms with E-state index in [1.165, 1.54) is 4.90 Å². The molecule has 186 valence electrons. The Morgan fingerprint density at radius 1 is 0.838 bits per heavy atom. The number of carbonyl (C=O) groups is 3. The van der Waals surface area contributed by atoms with Crippen LogP contribution in [0.5, 0.6) is 5.75 Å². The second-order valence-electron chi connectivity index (χ2n) is 9.63.